The highest BCUT2D eigenvalue weighted by molar-refractivity contribution is 7.99. The SMILES string of the molecule is O=C(CSCc1cccc(Cl)c1)NCc1cccnc1. The van der Waals surface area contributed by atoms with Crippen LogP contribution in [0.1, 0.15) is 11.1 Å². The molecule has 0 spiro atoms. The highest BCUT2D eigenvalue weighted by atomic mass is 35.5. The molecule has 3 nitrogen and oxygen atoms in total. The number of nitrogens with one attached hydrogen (secondary N) is 1. The standard InChI is InChI=1S/C15H15ClN2OS/c16-14-5-1-3-12(7-14)10-20-11-15(19)18-9-13-4-2-6-17-8-13/h1-8H,9-11H2,(H,18,19). The normalized spacial score (nSPS) is 10.2. The van der Waals surface area contributed by atoms with Crippen molar-refractivity contribution < 1.29 is 4.79 Å². The lowest BCUT2D eigenvalue weighted by Gasteiger charge is -2.05. The van der Waals surface area contributed by atoms with Crippen molar-refractivity contribution in [1.29, 1.82) is 0 Å². The fourth-order valence-electron chi connectivity index (χ4n) is 1.64. The van der Waals surface area contributed by atoms with Gasteiger partial charge in [-0.2, -0.15) is 0 Å². The number of carbonyl (C=O) groups excluding carboxylic acids is 1. The molecule has 20 heavy (non-hydrogen) atoms. The van der Waals surface area contributed by atoms with Crippen molar-refractivity contribution in [3.8, 4) is 0 Å². The van der Waals surface area contributed by atoms with Crippen LogP contribution in [0.4, 0.5) is 0 Å². The van der Waals surface area contributed by atoms with Crippen LogP contribution in [0.15, 0.2) is 48.8 Å². The molecule has 1 heterocycles. The predicted octanol–water partition coefficient (Wildman–Crippen LogP) is 3.28. The summed E-state index contributed by atoms with van der Waals surface area (Å²) in [6, 6.07) is 11.5. The zero-order chi connectivity index (χ0) is 14.2. The molecular weight excluding hydrogens is 292 g/mol. The molecule has 104 valence electrons. The van der Waals surface area contributed by atoms with E-state index in [1.165, 1.54) is 0 Å². The summed E-state index contributed by atoms with van der Waals surface area (Å²) < 4.78 is 0. The van der Waals surface area contributed by atoms with Gasteiger partial charge in [0.1, 0.15) is 0 Å². The zero-order valence-corrected chi connectivity index (χ0v) is 12.5. The number of benzene rings is 1. The number of amides is 1. The van der Waals surface area contributed by atoms with Crippen LogP contribution in [0.25, 0.3) is 0 Å². The van der Waals surface area contributed by atoms with Gasteiger partial charge in [0.25, 0.3) is 0 Å². The Morgan fingerprint density at radius 3 is 2.85 bits per heavy atom. The summed E-state index contributed by atoms with van der Waals surface area (Å²) in [4.78, 5) is 15.7. The molecule has 2 aromatic rings. The van der Waals surface area contributed by atoms with Crippen LogP contribution in [0.2, 0.25) is 5.02 Å². The summed E-state index contributed by atoms with van der Waals surface area (Å²) >= 11 is 7.48. The van der Waals surface area contributed by atoms with Crippen molar-refractivity contribution in [2.24, 2.45) is 0 Å². The van der Waals surface area contributed by atoms with Crippen LogP contribution in [-0.2, 0) is 17.1 Å². The lowest BCUT2D eigenvalue weighted by molar-refractivity contribution is -0.118. The minimum atomic E-state index is 0.0286. The summed E-state index contributed by atoms with van der Waals surface area (Å²) in [5, 5.41) is 3.60. The molecular formula is C15H15ClN2OS. The van der Waals surface area contributed by atoms with Crippen LogP contribution in [0.3, 0.4) is 0 Å². The van der Waals surface area contributed by atoms with Crippen molar-refractivity contribution in [3.63, 3.8) is 0 Å². The van der Waals surface area contributed by atoms with Gasteiger partial charge in [-0.1, -0.05) is 29.8 Å². The van der Waals surface area contributed by atoms with Crippen LogP contribution in [0, 0.1) is 0 Å². The number of halogens is 1. The molecule has 0 aliphatic carbocycles. The van der Waals surface area contributed by atoms with Gasteiger partial charge in [-0.3, -0.25) is 9.78 Å². The first-order valence-electron chi connectivity index (χ1n) is 6.22. The van der Waals surface area contributed by atoms with Gasteiger partial charge in [0, 0.05) is 29.7 Å². The van der Waals surface area contributed by atoms with Crippen LogP contribution >= 0.6 is 23.4 Å². The van der Waals surface area contributed by atoms with E-state index >= 15 is 0 Å². The molecule has 1 aromatic carbocycles. The quantitative estimate of drug-likeness (QED) is 0.890. The van der Waals surface area contributed by atoms with Gasteiger partial charge in [0.2, 0.25) is 5.91 Å². The molecule has 0 saturated heterocycles. The van der Waals surface area contributed by atoms with Gasteiger partial charge >= 0.3 is 0 Å². The van der Waals surface area contributed by atoms with E-state index in [1.807, 2.05) is 36.4 Å². The largest absolute Gasteiger partial charge is 0.351 e. The highest BCUT2D eigenvalue weighted by Gasteiger charge is 2.02. The first-order chi connectivity index (χ1) is 9.74. The van der Waals surface area contributed by atoms with E-state index in [1.54, 1.807) is 24.2 Å². The average molecular weight is 307 g/mol. The Bertz CT molecular complexity index is 563. The maximum absolute atomic E-state index is 11.7. The maximum Gasteiger partial charge on any atom is 0.230 e. The summed E-state index contributed by atoms with van der Waals surface area (Å²) in [6.45, 7) is 0.518. The van der Waals surface area contributed by atoms with E-state index in [-0.39, 0.29) is 5.91 Å². The van der Waals surface area contributed by atoms with Gasteiger partial charge in [-0.15, -0.1) is 11.8 Å². The van der Waals surface area contributed by atoms with E-state index < -0.39 is 0 Å². The third-order valence-electron chi connectivity index (χ3n) is 2.60. The number of carbonyl (C=O) groups is 1. The lowest BCUT2D eigenvalue weighted by Crippen LogP contribution is -2.24. The number of pyridine rings is 1. The molecule has 0 saturated carbocycles. The Balaban J connectivity index is 1.68. The first-order valence-corrected chi connectivity index (χ1v) is 7.75. The zero-order valence-electron chi connectivity index (χ0n) is 10.9. The predicted molar refractivity (Wildman–Crippen MR) is 83.7 cm³/mol. The number of rotatable bonds is 6. The third-order valence-corrected chi connectivity index (χ3v) is 3.84. The molecule has 2 rings (SSSR count). The number of hydrogen-bond acceptors (Lipinski definition) is 3. The third kappa shape index (κ3) is 5.23. The van der Waals surface area contributed by atoms with Crippen molar-refractivity contribution in [3.05, 3.63) is 64.9 Å². The van der Waals surface area contributed by atoms with Crippen LogP contribution < -0.4 is 5.32 Å². The second kappa shape index (κ2) is 7.92. The van der Waals surface area contributed by atoms with E-state index in [9.17, 15) is 4.79 Å². The Morgan fingerprint density at radius 2 is 2.10 bits per heavy atom. The highest BCUT2D eigenvalue weighted by Crippen LogP contribution is 2.16. The van der Waals surface area contributed by atoms with E-state index in [0.29, 0.717) is 12.3 Å². The van der Waals surface area contributed by atoms with Crippen molar-refractivity contribution >= 4 is 29.3 Å². The van der Waals surface area contributed by atoms with E-state index in [2.05, 4.69) is 10.3 Å². The van der Waals surface area contributed by atoms with Gasteiger partial charge < -0.3 is 5.32 Å². The molecule has 0 atom stereocenters. The molecule has 1 amide bonds. The summed E-state index contributed by atoms with van der Waals surface area (Å²) in [5.74, 6) is 1.24. The number of aromatic nitrogens is 1. The van der Waals surface area contributed by atoms with Crippen LogP contribution in [0.5, 0.6) is 0 Å². The molecule has 1 N–H and O–H groups in total. The topological polar surface area (TPSA) is 42.0 Å². The molecule has 0 fully saturated rings. The molecule has 0 bridgehead atoms. The Morgan fingerprint density at radius 1 is 1.25 bits per heavy atom. The Hall–Kier alpha value is -1.52. The Kier molecular flexibility index (Phi) is 5.89. The first kappa shape index (κ1) is 14.9. The molecule has 1 aromatic heterocycles. The molecule has 0 radical (unpaired) electrons. The monoisotopic (exact) mass is 306 g/mol. The van der Waals surface area contributed by atoms with Gasteiger partial charge in [0.05, 0.1) is 5.75 Å². The maximum atomic E-state index is 11.7. The molecule has 5 heteroatoms. The van der Waals surface area contributed by atoms with E-state index in [0.717, 1.165) is 21.9 Å². The number of nitrogens with zero attached hydrogens (tertiary/aromatic N) is 1. The average Bonchev–Trinajstić information content (AvgIpc) is 2.46. The molecule has 0 aliphatic heterocycles. The molecule has 0 aliphatic rings. The van der Waals surface area contributed by atoms with Crippen molar-refractivity contribution in [2.75, 3.05) is 5.75 Å². The smallest absolute Gasteiger partial charge is 0.230 e. The minimum Gasteiger partial charge on any atom is -0.351 e. The molecule has 0 unspecified atom stereocenters. The Labute approximate surface area is 127 Å². The van der Waals surface area contributed by atoms with Crippen molar-refractivity contribution in [2.45, 2.75) is 12.3 Å². The fourth-order valence-corrected chi connectivity index (χ4v) is 2.66. The minimum absolute atomic E-state index is 0.0286. The summed E-state index contributed by atoms with van der Waals surface area (Å²) in [7, 11) is 0. The van der Waals surface area contributed by atoms with Gasteiger partial charge in [-0.05, 0) is 29.3 Å². The summed E-state index contributed by atoms with van der Waals surface area (Å²) in [6.07, 6.45) is 3.46. The van der Waals surface area contributed by atoms with Gasteiger partial charge in [-0.25, -0.2) is 0 Å². The summed E-state index contributed by atoms with van der Waals surface area (Å²) in [5.41, 5.74) is 2.13. The second-order valence-corrected chi connectivity index (χ2v) is 5.68. The number of hydrogen-bond donors (Lipinski definition) is 1. The lowest BCUT2D eigenvalue weighted by atomic mass is 10.2. The van der Waals surface area contributed by atoms with Crippen molar-refractivity contribution in [1.82, 2.24) is 10.3 Å². The second-order valence-electron chi connectivity index (χ2n) is 4.26. The van der Waals surface area contributed by atoms with Crippen LogP contribution in [-0.4, -0.2) is 16.6 Å². The number of thioether (sulfide) groups is 1. The fraction of sp³-hybridized carbons (Fsp3) is 0.200. The van der Waals surface area contributed by atoms with Gasteiger partial charge in [0.15, 0.2) is 0 Å². The van der Waals surface area contributed by atoms with E-state index in [4.69, 9.17) is 11.6 Å².